The number of carbonyl (C=O) groups excluding carboxylic acids is 1. The molecule has 0 atom stereocenters. The second-order valence-electron chi connectivity index (χ2n) is 4.38. The molecule has 5 heteroatoms. The second kappa shape index (κ2) is 7.69. The molecule has 1 aromatic heterocycles. The smallest absolute Gasteiger partial charge is 0.244 e. The maximum atomic E-state index is 11.6. The second-order valence-corrected chi connectivity index (χ2v) is 5.29. The summed E-state index contributed by atoms with van der Waals surface area (Å²) in [5.41, 5.74) is 0. The minimum atomic E-state index is -0.179. The summed E-state index contributed by atoms with van der Waals surface area (Å²) in [6.07, 6.45) is 3.08. The molecule has 0 bridgehead atoms. The topological polar surface area (TPSA) is 51.5 Å². The monoisotopic (exact) mass is 349 g/mol. The Morgan fingerprint density at radius 3 is 2.95 bits per heavy atom. The zero-order chi connectivity index (χ0) is 15.1. The summed E-state index contributed by atoms with van der Waals surface area (Å²) in [4.78, 5) is 11.6. The average Bonchev–Trinajstić information content (AvgIpc) is 2.87. The van der Waals surface area contributed by atoms with Crippen LogP contribution in [0, 0.1) is 6.92 Å². The van der Waals surface area contributed by atoms with Crippen LogP contribution in [0.4, 0.5) is 0 Å². The molecule has 2 rings (SSSR count). The van der Waals surface area contributed by atoms with E-state index in [0.717, 1.165) is 16.0 Å². The van der Waals surface area contributed by atoms with Crippen molar-refractivity contribution >= 4 is 27.9 Å². The van der Waals surface area contributed by atoms with Gasteiger partial charge in [-0.2, -0.15) is 0 Å². The van der Waals surface area contributed by atoms with Crippen molar-refractivity contribution in [2.75, 3.05) is 13.2 Å². The molecule has 0 fully saturated rings. The lowest BCUT2D eigenvalue weighted by molar-refractivity contribution is -0.116. The predicted molar refractivity (Wildman–Crippen MR) is 85.1 cm³/mol. The largest absolute Gasteiger partial charge is 0.492 e. The third kappa shape index (κ3) is 5.47. The summed E-state index contributed by atoms with van der Waals surface area (Å²) in [5.74, 6) is 2.06. The van der Waals surface area contributed by atoms with Gasteiger partial charge in [-0.3, -0.25) is 4.79 Å². The van der Waals surface area contributed by atoms with E-state index in [-0.39, 0.29) is 5.91 Å². The lowest BCUT2D eigenvalue weighted by atomic mass is 10.3. The van der Waals surface area contributed by atoms with Crippen molar-refractivity contribution < 1.29 is 13.9 Å². The van der Waals surface area contributed by atoms with E-state index in [9.17, 15) is 4.79 Å². The Bertz CT molecular complexity index is 634. The highest BCUT2D eigenvalue weighted by Crippen LogP contribution is 2.17. The number of furan rings is 1. The first kappa shape index (κ1) is 15.4. The fraction of sp³-hybridized carbons (Fsp3) is 0.188. The first-order valence-corrected chi connectivity index (χ1v) is 7.33. The average molecular weight is 350 g/mol. The molecule has 0 saturated carbocycles. The van der Waals surface area contributed by atoms with E-state index in [1.54, 1.807) is 6.08 Å². The summed E-state index contributed by atoms with van der Waals surface area (Å²) in [5, 5.41) is 2.74. The molecular weight excluding hydrogens is 334 g/mol. The molecule has 0 radical (unpaired) electrons. The van der Waals surface area contributed by atoms with Crippen LogP contribution >= 0.6 is 15.9 Å². The SMILES string of the molecule is Cc1ccc(C=CC(=O)NCCOc2cccc(Br)c2)o1. The Hall–Kier alpha value is -2.01. The van der Waals surface area contributed by atoms with Gasteiger partial charge in [0.1, 0.15) is 23.9 Å². The predicted octanol–water partition coefficient (Wildman–Crippen LogP) is 3.56. The van der Waals surface area contributed by atoms with Crippen LogP contribution in [0.5, 0.6) is 5.75 Å². The molecule has 0 saturated heterocycles. The lowest BCUT2D eigenvalue weighted by Crippen LogP contribution is -2.26. The summed E-state index contributed by atoms with van der Waals surface area (Å²) < 4.78 is 11.8. The minimum absolute atomic E-state index is 0.179. The van der Waals surface area contributed by atoms with Gasteiger partial charge in [0.2, 0.25) is 5.91 Å². The van der Waals surface area contributed by atoms with Crippen molar-refractivity contribution in [2.45, 2.75) is 6.92 Å². The summed E-state index contributed by atoms with van der Waals surface area (Å²) >= 11 is 3.37. The van der Waals surface area contributed by atoms with Crippen molar-refractivity contribution in [1.82, 2.24) is 5.32 Å². The summed E-state index contributed by atoms with van der Waals surface area (Å²) in [7, 11) is 0. The van der Waals surface area contributed by atoms with Crippen molar-refractivity contribution in [3.8, 4) is 5.75 Å². The standard InChI is InChI=1S/C16H16BrNO3/c1-12-5-6-14(21-12)7-8-16(19)18-9-10-20-15-4-2-3-13(17)11-15/h2-8,11H,9-10H2,1H3,(H,18,19). The van der Waals surface area contributed by atoms with Gasteiger partial charge in [-0.1, -0.05) is 22.0 Å². The van der Waals surface area contributed by atoms with Gasteiger partial charge in [-0.15, -0.1) is 0 Å². The molecule has 1 aromatic carbocycles. The molecule has 0 unspecified atom stereocenters. The Labute approximate surface area is 131 Å². The fourth-order valence-electron chi connectivity index (χ4n) is 1.66. The Morgan fingerprint density at radius 1 is 1.38 bits per heavy atom. The van der Waals surface area contributed by atoms with Gasteiger partial charge in [0.15, 0.2) is 0 Å². The number of rotatable bonds is 6. The van der Waals surface area contributed by atoms with E-state index >= 15 is 0 Å². The third-order valence-electron chi connectivity index (χ3n) is 2.63. The molecule has 110 valence electrons. The van der Waals surface area contributed by atoms with Crippen LogP contribution in [0.15, 0.2) is 51.4 Å². The number of hydrogen-bond donors (Lipinski definition) is 1. The third-order valence-corrected chi connectivity index (χ3v) is 3.12. The number of benzene rings is 1. The number of hydrogen-bond acceptors (Lipinski definition) is 3. The zero-order valence-corrected chi connectivity index (χ0v) is 13.2. The van der Waals surface area contributed by atoms with Crippen LogP contribution in [0.25, 0.3) is 6.08 Å². The molecule has 1 heterocycles. The van der Waals surface area contributed by atoms with E-state index < -0.39 is 0 Å². The van der Waals surface area contributed by atoms with Crippen molar-refractivity contribution in [1.29, 1.82) is 0 Å². The fourth-order valence-corrected chi connectivity index (χ4v) is 2.04. The highest BCUT2D eigenvalue weighted by atomic mass is 79.9. The van der Waals surface area contributed by atoms with Gasteiger partial charge in [0, 0.05) is 10.5 Å². The maximum absolute atomic E-state index is 11.6. The first-order chi connectivity index (χ1) is 10.1. The van der Waals surface area contributed by atoms with E-state index in [0.29, 0.717) is 18.9 Å². The van der Waals surface area contributed by atoms with Crippen LogP contribution in [0.2, 0.25) is 0 Å². The molecule has 1 N–H and O–H groups in total. The quantitative estimate of drug-likeness (QED) is 0.640. The number of aryl methyl sites for hydroxylation is 1. The van der Waals surface area contributed by atoms with Gasteiger partial charge in [0.05, 0.1) is 6.54 Å². The van der Waals surface area contributed by atoms with E-state index in [1.807, 2.05) is 43.3 Å². The minimum Gasteiger partial charge on any atom is -0.492 e. The highest BCUT2D eigenvalue weighted by molar-refractivity contribution is 9.10. The van der Waals surface area contributed by atoms with E-state index in [1.165, 1.54) is 6.08 Å². The highest BCUT2D eigenvalue weighted by Gasteiger charge is 1.98. The number of carbonyl (C=O) groups is 1. The van der Waals surface area contributed by atoms with Gasteiger partial charge in [0.25, 0.3) is 0 Å². The van der Waals surface area contributed by atoms with Crippen molar-refractivity contribution in [3.05, 3.63) is 58.5 Å². The molecule has 0 aliphatic carbocycles. The molecule has 2 aromatic rings. The normalized spacial score (nSPS) is 10.8. The number of ether oxygens (including phenoxy) is 1. The number of nitrogens with one attached hydrogen (secondary N) is 1. The summed E-state index contributed by atoms with van der Waals surface area (Å²) in [6.45, 7) is 2.71. The Kier molecular flexibility index (Phi) is 5.63. The number of halogens is 1. The van der Waals surface area contributed by atoms with Crippen molar-refractivity contribution in [3.63, 3.8) is 0 Å². The molecule has 1 amide bonds. The van der Waals surface area contributed by atoms with Gasteiger partial charge in [-0.25, -0.2) is 0 Å². The van der Waals surface area contributed by atoms with Crippen LogP contribution in [0.3, 0.4) is 0 Å². The van der Waals surface area contributed by atoms with E-state index in [2.05, 4.69) is 21.2 Å². The van der Waals surface area contributed by atoms with Gasteiger partial charge in [-0.05, 0) is 43.3 Å². The molecular formula is C16H16BrNO3. The van der Waals surface area contributed by atoms with Crippen LogP contribution in [-0.2, 0) is 4.79 Å². The van der Waals surface area contributed by atoms with E-state index in [4.69, 9.17) is 9.15 Å². The molecule has 0 spiro atoms. The van der Waals surface area contributed by atoms with Crippen LogP contribution in [-0.4, -0.2) is 19.1 Å². The molecule has 0 aliphatic heterocycles. The number of amides is 1. The van der Waals surface area contributed by atoms with Crippen LogP contribution in [0.1, 0.15) is 11.5 Å². The molecule has 4 nitrogen and oxygen atoms in total. The van der Waals surface area contributed by atoms with Crippen LogP contribution < -0.4 is 10.1 Å². The van der Waals surface area contributed by atoms with Gasteiger partial charge >= 0.3 is 0 Å². The zero-order valence-electron chi connectivity index (χ0n) is 11.6. The molecule has 0 aliphatic rings. The Morgan fingerprint density at radius 2 is 2.24 bits per heavy atom. The maximum Gasteiger partial charge on any atom is 0.244 e. The van der Waals surface area contributed by atoms with Crippen molar-refractivity contribution in [2.24, 2.45) is 0 Å². The summed E-state index contributed by atoms with van der Waals surface area (Å²) in [6, 6.07) is 11.2. The Balaban J connectivity index is 1.68. The first-order valence-electron chi connectivity index (χ1n) is 6.54. The van der Waals surface area contributed by atoms with Gasteiger partial charge < -0.3 is 14.5 Å². The lowest BCUT2D eigenvalue weighted by Gasteiger charge is -2.06. The molecule has 21 heavy (non-hydrogen) atoms.